The lowest BCUT2D eigenvalue weighted by Crippen LogP contribution is -2.49. The fourth-order valence-corrected chi connectivity index (χ4v) is 3.21. The van der Waals surface area contributed by atoms with Crippen LogP contribution in [0.3, 0.4) is 0 Å². The minimum Gasteiger partial charge on any atom is -0.494 e. The lowest BCUT2D eigenvalue weighted by atomic mass is 10.1. The standard InChI is InChI=1S/C22H28N2O3/c1-2-26-21-11-9-19(10-12-21)22(25)24-16-14-23(15-17-24)13-6-18-27-20-7-4-3-5-8-20/h3-5,7-12H,2,6,13-18H2,1H3. The van der Waals surface area contributed by atoms with Gasteiger partial charge in [0.2, 0.25) is 0 Å². The Morgan fingerprint density at radius 1 is 0.889 bits per heavy atom. The average molecular weight is 368 g/mol. The van der Waals surface area contributed by atoms with Gasteiger partial charge in [-0.25, -0.2) is 0 Å². The number of hydrogen-bond donors (Lipinski definition) is 0. The van der Waals surface area contributed by atoms with Gasteiger partial charge in [0.25, 0.3) is 5.91 Å². The quantitative estimate of drug-likeness (QED) is 0.671. The van der Waals surface area contributed by atoms with Gasteiger partial charge >= 0.3 is 0 Å². The summed E-state index contributed by atoms with van der Waals surface area (Å²) in [6.07, 6.45) is 0.988. The molecule has 1 aliphatic heterocycles. The molecule has 1 fully saturated rings. The maximum Gasteiger partial charge on any atom is 0.253 e. The van der Waals surface area contributed by atoms with E-state index in [1.54, 1.807) is 0 Å². The number of benzene rings is 2. The molecule has 0 aromatic heterocycles. The first-order valence-corrected chi connectivity index (χ1v) is 9.68. The summed E-state index contributed by atoms with van der Waals surface area (Å²) in [4.78, 5) is 17.0. The van der Waals surface area contributed by atoms with Crippen LogP contribution in [0.25, 0.3) is 0 Å². The zero-order valence-corrected chi connectivity index (χ0v) is 16.0. The number of amides is 1. The Morgan fingerprint density at radius 3 is 2.22 bits per heavy atom. The van der Waals surface area contributed by atoms with Gasteiger partial charge in [0, 0.05) is 38.3 Å². The van der Waals surface area contributed by atoms with Crippen molar-refractivity contribution in [1.82, 2.24) is 9.80 Å². The number of carbonyl (C=O) groups is 1. The Bertz CT molecular complexity index is 695. The smallest absolute Gasteiger partial charge is 0.253 e. The molecular formula is C22H28N2O3. The summed E-state index contributed by atoms with van der Waals surface area (Å²) < 4.78 is 11.2. The van der Waals surface area contributed by atoms with E-state index in [-0.39, 0.29) is 5.91 Å². The predicted octanol–water partition coefficient (Wildman–Crippen LogP) is 3.31. The molecule has 0 saturated carbocycles. The summed E-state index contributed by atoms with van der Waals surface area (Å²) in [6.45, 7) is 7.66. The topological polar surface area (TPSA) is 42.0 Å². The average Bonchev–Trinajstić information content (AvgIpc) is 2.73. The SMILES string of the molecule is CCOc1ccc(C(=O)N2CCN(CCCOc3ccccc3)CC2)cc1. The molecule has 1 amide bonds. The zero-order chi connectivity index (χ0) is 18.9. The molecule has 0 bridgehead atoms. The monoisotopic (exact) mass is 368 g/mol. The maximum absolute atomic E-state index is 12.6. The lowest BCUT2D eigenvalue weighted by molar-refractivity contribution is 0.0630. The minimum atomic E-state index is 0.102. The van der Waals surface area contributed by atoms with Gasteiger partial charge in [-0.15, -0.1) is 0 Å². The highest BCUT2D eigenvalue weighted by atomic mass is 16.5. The van der Waals surface area contributed by atoms with Crippen LogP contribution in [0.15, 0.2) is 54.6 Å². The number of rotatable bonds is 8. The number of piperazine rings is 1. The van der Waals surface area contributed by atoms with E-state index >= 15 is 0 Å². The van der Waals surface area contributed by atoms with Gasteiger partial charge in [-0.3, -0.25) is 9.69 Å². The second kappa shape index (κ2) is 9.97. The van der Waals surface area contributed by atoms with Gasteiger partial charge in [-0.05, 0) is 49.7 Å². The molecule has 5 nitrogen and oxygen atoms in total. The molecule has 0 aliphatic carbocycles. The van der Waals surface area contributed by atoms with Gasteiger partial charge in [-0.1, -0.05) is 18.2 Å². The summed E-state index contributed by atoms with van der Waals surface area (Å²) in [6, 6.07) is 17.3. The van der Waals surface area contributed by atoms with E-state index in [9.17, 15) is 4.79 Å². The van der Waals surface area contributed by atoms with Crippen molar-refractivity contribution in [3.63, 3.8) is 0 Å². The molecule has 5 heteroatoms. The third-order valence-corrected chi connectivity index (χ3v) is 4.70. The number of ether oxygens (including phenoxy) is 2. The van der Waals surface area contributed by atoms with E-state index in [1.807, 2.05) is 66.4 Å². The fourth-order valence-electron chi connectivity index (χ4n) is 3.21. The van der Waals surface area contributed by atoms with Crippen LogP contribution in [0, 0.1) is 0 Å². The van der Waals surface area contributed by atoms with Crippen molar-refractivity contribution in [3.05, 3.63) is 60.2 Å². The van der Waals surface area contributed by atoms with Crippen molar-refractivity contribution in [2.45, 2.75) is 13.3 Å². The highest BCUT2D eigenvalue weighted by Crippen LogP contribution is 2.15. The molecule has 27 heavy (non-hydrogen) atoms. The Kier molecular flexibility index (Phi) is 7.11. The molecule has 1 aliphatic rings. The van der Waals surface area contributed by atoms with Gasteiger partial charge < -0.3 is 14.4 Å². The molecule has 3 rings (SSSR count). The lowest BCUT2D eigenvalue weighted by Gasteiger charge is -2.34. The van der Waals surface area contributed by atoms with Gasteiger partial charge in [0.15, 0.2) is 0 Å². The first-order valence-electron chi connectivity index (χ1n) is 9.68. The van der Waals surface area contributed by atoms with Crippen molar-refractivity contribution < 1.29 is 14.3 Å². The zero-order valence-electron chi connectivity index (χ0n) is 16.0. The molecule has 0 atom stereocenters. The van der Waals surface area contributed by atoms with Crippen molar-refractivity contribution in [3.8, 4) is 11.5 Å². The Morgan fingerprint density at radius 2 is 1.56 bits per heavy atom. The minimum absolute atomic E-state index is 0.102. The van der Waals surface area contributed by atoms with Crippen molar-refractivity contribution in [2.24, 2.45) is 0 Å². The first kappa shape index (κ1) is 19.2. The molecule has 2 aromatic rings. The third-order valence-electron chi connectivity index (χ3n) is 4.70. The van der Waals surface area contributed by atoms with E-state index in [4.69, 9.17) is 9.47 Å². The molecule has 144 valence electrons. The van der Waals surface area contributed by atoms with Crippen molar-refractivity contribution >= 4 is 5.91 Å². The van der Waals surface area contributed by atoms with E-state index in [2.05, 4.69) is 4.90 Å². The predicted molar refractivity (Wildman–Crippen MR) is 107 cm³/mol. The number of para-hydroxylation sites is 1. The molecule has 0 spiro atoms. The number of hydrogen-bond acceptors (Lipinski definition) is 4. The van der Waals surface area contributed by atoms with Crippen LogP contribution in [0.1, 0.15) is 23.7 Å². The third kappa shape index (κ3) is 5.73. The van der Waals surface area contributed by atoms with Crippen LogP contribution in [0.5, 0.6) is 11.5 Å². The van der Waals surface area contributed by atoms with Gasteiger partial charge in [0.1, 0.15) is 11.5 Å². The van der Waals surface area contributed by atoms with Gasteiger partial charge in [-0.2, -0.15) is 0 Å². The van der Waals surface area contributed by atoms with Crippen LogP contribution < -0.4 is 9.47 Å². The summed E-state index contributed by atoms with van der Waals surface area (Å²) in [5.74, 6) is 1.82. The molecule has 0 N–H and O–H groups in total. The molecule has 1 saturated heterocycles. The first-order chi connectivity index (χ1) is 13.3. The van der Waals surface area contributed by atoms with E-state index < -0.39 is 0 Å². The molecule has 1 heterocycles. The molecule has 2 aromatic carbocycles. The summed E-state index contributed by atoms with van der Waals surface area (Å²) in [7, 11) is 0. The summed E-state index contributed by atoms with van der Waals surface area (Å²) in [5.41, 5.74) is 0.725. The Labute approximate surface area is 161 Å². The summed E-state index contributed by atoms with van der Waals surface area (Å²) in [5, 5.41) is 0. The highest BCUT2D eigenvalue weighted by Gasteiger charge is 2.21. The molecule has 0 unspecified atom stereocenters. The van der Waals surface area contributed by atoms with E-state index in [0.29, 0.717) is 6.61 Å². The van der Waals surface area contributed by atoms with Crippen LogP contribution in [0.2, 0.25) is 0 Å². The van der Waals surface area contributed by atoms with Gasteiger partial charge in [0.05, 0.1) is 13.2 Å². The number of nitrogens with zero attached hydrogens (tertiary/aromatic N) is 2. The summed E-state index contributed by atoms with van der Waals surface area (Å²) >= 11 is 0. The largest absolute Gasteiger partial charge is 0.494 e. The number of carbonyl (C=O) groups excluding carboxylic acids is 1. The van der Waals surface area contributed by atoms with Crippen molar-refractivity contribution in [2.75, 3.05) is 45.9 Å². The second-order valence-electron chi connectivity index (χ2n) is 6.61. The fraction of sp³-hybridized carbons (Fsp3) is 0.409. The van der Waals surface area contributed by atoms with E-state index in [0.717, 1.165) is 62.8 Å². The molecule has 0 radical (unpaired) electrons. The Balaban J connectivity index is 1.37. The highest BCUT2D eigenvalue weighted by molar-refractivity contribution is 5.94. The van der Waals surface area contributed by atoms with Crippen LogP contribution in [-0.2, 0) is 0 Å². The van der Waals surface area contributed by atoms with Crippen LogP contribution >= 0.6 is 0 Å². The Hall–Kier alpha value is -2.53. The maximum atomic E-state index is 12.6. The normalized spacial score (nSPS) is 14.8. The molecular weight excluding hydrogens is 340 g/mol. The van der Waals surface area contributed by atoms with Crippen LogP contribution in [0.4, 0.5) is 0 Å². The van der Waals surface area contributed by atoms with Crippen LogP contribution in [-0.4, -0.2) is 61.6 Å². The van der Waals surface area contributed by atoms with E-state index in [1.165, 1.54) is 0 Å². The second-order valence-corrected chi connectivity index (χ2v) is 6.61. The van der Waals surface area contributed by atoms with Crippen molar-refractivity contribution in [1.29, 1.82) is 0 Å².